The average molecular weight is 269 g/mol. The van der Waals surface area contributed by atoms with E-state index in [9.17, 15) is 0 Å². The first-order chi connectivity index (χ1) is 7.24. The fraction of sp³-hybridized carbons (Fsp3) is 0.300. The van der Waals surface area contributed by atoms with Gasteiger partial charge in [-0.25, -0.2) is 0 Å². The molecule has 2 rings (SSSR count). The fourth-order valence-electron chi connectivity index (χ4n) is 1.60. The molecule has 15 heavy (non-hydrogen) atoms. The second-order valence-corrected chi connectivity index (χ2v) is 4.16. The first-order valence-corrected chi connectivity index (χ1v) is 5.58. The summed E-state index contributed by atoms with van der Waals surface area (Å²) in [6.45, 7) is 0.630. The molecule has 2 aromatic rings. The molecule has 80 valence electrons. The third-order valence-corrected chi connectivity index (χ3v) is 3.19. The molecule has 5 heteroatoms. The van der Waals surface area contributed by atoms with E-state index in [1.54, 1.807) is 0 Å². The number of nitrogens with zero attached hydrogens (tertiary/aromatic N) is 2. The smallest absolute Gasteiger partial charge is 0.108 e. The van der Waals surface area contributed by atoms with Crippen molar-refractivity contribution in [1.82, 2.24) is 14.8 Å². The molecule has 0 bridgehead atoms. The number of nitrogens with one attached hydrogen (secondary N) is 1. The zero-order chi connectivity index (χ0) is 10.8. The van der Waals surface area contributed by atoms with Crippen LogP contribution in [-0.2, 0) is 13.5 Å². The number of aromatic nitrogens is 3. The van der Waals surface area contributed by atoms with Gasteiger partial charge in [-0.15, -0.1) is 0 Å². The van der Waals surface area contributed by atoms with E-state index in [0.29, 0.717) is 6.54 Å². The number of hydrogen-bond donors (Lipinski definition) is 2. The van der Waals surface area contributed by atoms with E-state index in [-0.39, 0.29) is 0 Å². The summed E-state index contributed by atoms with van der Waals surface area (Å²) in [6.07, 6.45) is 4.65. The van der Waals surface area contributed by atoms with Gasteiger partial charge in [-0.3, -0.25) is 4.68 Å². The van der Waals surface area contributed by atoms with Crippen molar-refractivity contribution < 1.29 is 0 Å². The van der Waals surface area contributed by atoms with Crippen molar-refractivity contribution in [2.45, 2.75) is 6.42 Å². The van der Waals surface area contributed by atoms with Crippen molar-refractivity contribution in [1.29, 1.82) is 0 Å². The van der Waals surface area contributed by atoms with Gasteiger partial charge in [0.15, 0.2) is 0 Å². The fourth-order valence-corrected chi connectivity index (χ4v) is 2.36. The van der Waals surface area contributed by atoms with Crippen LogP contribution in [0.2, 0.25) is 0 Å². The largest absolute Gasteiger partial charge is 0.367 e. The SMILES string of the molecule is Cn1nc(-c2cc[nH]c2)c(Br)c1CCN. The molecule has 0 aliphatic rings. The lowest BCUT2D eigenvalue weighted by Gasteiger charge is -1.98. The van der Waals surface area contributed by atoms with Crippen LogP contribution in [0.4, 0.5) is 0 Å². The number of halogens is 1. The maximum atomic E-state index is 5.56. The number of hydrogen-bond acceptors (Lipinski definition) is 2. The monoisotopic (exact) mass is 268 g/mol. The minimum absolute atomic E-state index is 0.630. The Morgan fingerprint density at radius 2 is 2.40 bits per heavy atom. The van der Waals surface area contributed by atoms with Crippen molar-refractivity contribution in [2.24, 2.45) is 12.8 Å². The average Bonchev–Trinajstić information content (AvgIpc) is 2.81. The molecule has 0 saturated heterocycles. The summed E-state index contributed by atoms with van der Waals surface area (Å²) in [4.78, 5) is 3.02. The summed E-state index contributed by atoms with van der Waals surface area (Å²) in [7, 11) is 1.94. The first-order valence-electron chi connectivity index (χ1n) is 4.78. The van der Waals surface area contributed by atoms with Crippen molar-refractivity contribution >= 4 is 15.9 Å². The molecule has 0 spiro atoms. The van der Waals surface area contributed by atoms with Gasteiger partial charge in [0.25, 0.3) is 0 Å². The second kappa shape index (κ2) is 4.20. The van der Waals surface area contributed by atoms with E-state index < -0.39 is 0 Å². The molecular weight excluding hydrogens is 256 g/mol. The zero-order valence-electron chi connectivity index (χ0n) is 8.50. The van der Waals surface area contributed by atoms with Crippen LogP contribution in [0.25, 0.3) is 11.3 Å². The van der Waals surface area contributed by atoms with Crippen LogP contribution in [0.15, 0.2) is 22.9 Å². The van der Waals surface area contributed by atoms with Crippen LogP contribution in [0.3, 0.4) is 0 Å². The molecule has 2 heterocycles. The third-order valence-electron chi connectivity index (χ3n) is 2.35. The highest BCUT2D eigenvalue weighted by Gasteiger charge is 2.14. The predicted octanol–water partition coefficient (Wildman–Crippen LogP) is 1.68. The topological polar surface area (TPSA) is 59.6 Å². The van der Waals surface area contributed by atoms with Crippen LogP contribution in [0, 0.1) is 0 Å². The van der Waals surface area contributed by atoms with Crippen molar-refractivity contribution in [2.75, 3.05) is 6.54 Å². The Kier molecular flexibility index (Phi) is 2.93. The zero-order valence-corrected chi connectivity index (χ0v) is 10.1. The number of H-pyrrole nitrogens is 1. The highest BCUT2D eigenvalue weighted by molar-refractivity contribution is 9.10. The Bertz CT molecular complexity index is 444. The molecule has 0 atom stereocenters. The van der Waals surface area contributed by atoms with Gasteiger partial charge in [0.05, 0.1) is 10.2 Å². The molecule has 0 aliphatic heterocycles. The molecule has 0 aromatic carbocycles. The van der Waals surface area contributed by atoms with Gasteiger partial charge >= 0.3 is 0 Å². The lowest BCUT2D eigenvalue weighted by Crippen LogP contribution is -2.07. The maximum absolute atomic E-state index is 5.56. The minimum Gasteiger partial charge on any atom is -0.367 e. The molecule has 4 nitrogen and oxygen atoms in total. The highest BCUT2D eigenvalue weighted by atomic mass is 79.9. The van der Waals surface area contributed by atoms with Crippen LogP contribution >= 0.6 is 15.9 Å². The molecule has 0 radical (unpaired) electrons. The van der Waals surface area contributed by atoms with Gasteiger partial charge in [0.1, 0.15) is 5.69 Å². The molecule has 2 aromatic heterocycles. The summed E-state index contributed by atoms with van der Waals surface area (Å²) in [5, 5.41) is 4.47. The molecular formula is C10H13BrN4. The van der Waals surface area contributed by atoms with E-state index in [2.05, 4.69) is 26.0 Å². The molecule has 0 fully saturated rings. The van der Waals surface area contributed by atoms with Crippen LogP contribution < -0.4 is 5.73 Å². The lowest BCUT2D eigenvalue weighted by atomic mass is 10.2. The molecule has 3 N–H and O–H groups in total. The lowest BCUT2D eigenvalue weighted by molar-refractivity contribution is 0.707. The highest BCUT2D eigenvalue weighted by Crippen LogP contribution is 2.29. The number of nitrogens with two attached hydrogens (primary N) is 1. The minimum atomic E-state index is 0.630. The Morgan fingerprint density at radius 1 is 1.60 bits per heavy atom. The number of aryl methyl sites for hydroxylation is 1. The van der Waals surface area contributed by atoms with E-state index in [4.69, 9.17) is 5.73 Å². The van der Waals surface area contributed by atoms with Gasteiger partial charge in [-0.2, -0.15) is 5.10 Å². The van der Waals surface area contributed by atoms with Gasteiger partial charge < -0.3 is 10.7 Å². The summed E-state index contributed by atoms with van der Waals surface area (Å²) >= 11 is 3.57. The van der Waals surface area contributed by atoms with Crippen LogP contribution in [0.5, 0.6) is 0 Å². The van der Waals surface area contributed by atoms with E-state index in [0.717, 1.165) is 27.8 Å². The Hall–Kier alpha value is -1.07. The summed E-state index contributed by atoms with van der Waals surface area (Å²) in [6, 6.07) is 2.00. The Morgan fingerprint density at radius 3 is 3.00 bits per heavy atom. The van der Waals surface area contributed by atoms with E-state index in [1.807, 2.05) is 30.2 Å². The van der Waals surface area contributed by atoms with E-state index in [1.165, 1.54) is 0 Å². The quantitative estimate of drug-likeness (QED) is 0.890. The summed E-state index contributed by atoms with van der Waals surface area (Å²) in [5.74, 6) is 0. The normalized spacial score (nSPS) is 10.9. The van der Waals surface area contributed by atoms with Crippen molar-refractivity contribution in [3.05, 3.63) is 28.6 Å². The van der Waals surface area contributed by atoms with Crippen LogP contribution in [0.1, 0.15) is 5.69 Å². The molecule has 0 amide bonds. The van der Waals surface area contributed by atoms with Crippen LogP contribution in [-0.4, -0.2) is 21.3 Å². The van der Waals surface area contributed by atoms with Gasteiger partial charge in [0.2, 0.25) is 0 Å². The van der Waals surface area contributed by atoms with E-state index >= 15 is 0 Å². The molecule has 0 saturated carbocycles. The first kappa shape index (κ1) is 10.4. The van der Waals surface area contributed by atoms with Gasteiger partial charge in [-0.05, 0) is 28.5 Å². The predicted molar refractivity (Wildman–Crippen MR) is 63.5 cm³/mol. The van der Waals surface area contributed by atoms with Crippen molar-refractivity contribution in [3.8, 4) is 11.3 Å². The van der Waals surface area contributed by atoms with Crippen molar-refractivity contribution in [3.63, 3.8) is 0 Å². The number of aromatic amines is 1. The Labute approximate surface area is 96.6 Å². The Balaban J connectivity index is 2.46. The second-order valence-electron chi connectivity index (χ2n) is 3.37. The van der Waals surface area contributed by atoms with Gasteiger partial charge in [-0.1, -0.05) is 0 Å². The standard InChI is InChI=1S/C10H13BrN4/c1-15-8(2-4-12)9(11)10(14-15)7-3-5-13-6-7/h3,5-6,13H,2,4,12H2,1H3. The third kappa shape index (κ3) is 1.85. The van der Waals surface area contributed by atoms with Gasteiger partial charge in [0, 0.05) is 31.4 Å². The molecule has 0 unspecified atom stereocenters. The summed E-state index contributed by atoms with van der Waals surface area (Å²) in [5.41, 5.74) is 8.74. The molecule has 0 aliphatic carbocycles. The number of rotatable bonds is 3. The maximum Gasteiger partial charge on any atom is 0.108 e. The summed E-state index contributed by atoms with van der Waals surface area (Å²) < 4.78 is 2.91.